The summed E-state index contributed by atoms with van der Waals surface area (Å²) in [6.07, 6.45) is 2.41. The molecular weight excluding hydrogens is 528 g/mol. The van der Waals surface area contributed by atoms with E-state index in [9.17, 15) is 34.6 Å². The minimum absolute atomic E-state index is 0.0166. The number of oxime groups is 1. The van der Waals surface area contributed by atoms with E-state index in [1.165, 1.54) is 17.8 Å². The van der Waals surface area contributed by atoms with Crippen molar-refractivity contribution >= 4 is 57.9 Å². The van der Waals surface area contributed by atoms with Gasteiger partial charge in [-0.1, -0.05) is 5.16 Å². The zero-order valence-electron chi connectivity index (χ0n) is 19.2. The minimum atomic E-state index is -1.39. The van der Waals surface area contributed by atoms with Gasteiger partial charge >= 0.3 is 11.9 Å². The predicted molar refractivity (Wildman–Crippen MR) is 132 cm³/mol. The Balaban J connectivity index is 1.48. The number of aromatic nitrogens is 2. The molecule has 0 saturated carbocycles. The monoisotopic (exact) mass is 552 g/mol. The normalized spacial score (nSPS) is 24.1. The molecular formula is C20H24N8O7S2. The molecule has 4 heterocycles. The third-order valence-corrected chi connectivity index (χ3v) is 7.81. The number of nitrogen functional groups attached to an aromatic ring is 1. The van der Waals surface area contributed by atoms with Gasteiger partial charge in [0, 0.05) is 35.4 Å². The van der Waals surface area contributed by atoms with E-state index in [-0.39, 0.29) is 46.0 Å². The molecule has 0 spiro atoms. The molecule has 4 rings (SSSR count). The first-order valence-corrected chi connectivity index (χ1v) is 12.9. The number of anilines is 1. The minimum Gasteiger partial charge on any atom is -0.478 e. The van der Waals surface area contributed by atoms with Crippen molar-refractivity contribution in [3.8, 4) is 0 Å². The molecule has 3 aliphatic heterocycles. The van der Waals surface area contributed by atoms with Crippen molar-refractivity contribution in [2.45, 2.75) is 30.3 Å². The highest BCUT2D eigenvalue weighted by Crippen LogP contribution is 2.41. The van der Waals surface area contributed by atoms with Crippen molar-refractivity contribution in [3.63, 3.8) is 0 Å². The molecule has 1 aromatic heterocycles. The predicted octanol–water partition coefficient (Wildman–Crippen LogP) is -1.61. The molecule has 3 aliphatic rings. The first-order chi connectivity index (χ1) is 17.7. The van der Waals surface area contributed by atoms with E-state index >= 15 is 0 Å². The number of amides is 2. The second-order valence-corrected chi connectivity index (χ2v) is 10.2. The number of allylic oxidation sites excluding steroid dienone is 1. The number of carbonyl (C=O) groups is 4. The van der Waals surface area contributed by atoms with Crippen LogP contribution in [0.3, 0.4) is 0 Å². The summed E-state index contributed by atoms with van der Waals surface area (Å²) < 4.78 is 3.80. The molecule has 1 aromatic rings. The number of thioether (sulfide) groups is 1. The summed E-state index contributed by atoms with van der Waals surface area (Å²) in [5.41, 5.74) is 4.80. The zero-order chi connectivity index (χ0) is 26.7. The Kier molecular flexibility index (Phi) is 8.06. The number of nitrogens with one attached hydrogen (secondary N) is 3. The molecule has 0 unspecified atom stereocenters. The van der Waals surface area contributed by atoms with Crippen LogP contribution in [0.25, 0.3) is 0 Å². The number of carboxylic acids is 2. The number of rotatable bonds is 10. The standard InChI is InChI=1S/C20H24N8O7S2/c21-20-25-14(27-37-20)11(26-35)15(29)24-12-16(30)28-13(19(33)34)9(7-36-17(12)28)5-8(18(31)32)1-4-23-10-2-3-22-6-10/h5,10,12,17,22-23,35H,1-4,6-7H2,(H,24,29)(H,31,32)(H,33,34)(H2,21,25,27)/b8-5+,26-11-/t10-,12-,17-/m1/s1. The number of β-lactam (4-membered cyclic amide) rings is 1. The van der Waals surface area contributed by atoms with Crippen LogP contribution in [0.15, 0.2) is 28.1 Å². The molecule has 37 heavy (non-hydrogen) atoms. The fourth-order valence-corrected chi connectivity index (χ4v) is 5.92. The number of carboxylic acid groups (broad SMARTS) is 2. The van der Waals surface area contributed by atoms with E-state index in [4.69, 9.17) is 5.73 Å². The van der Waals surface area contributed by atoms with Crippen LogP contribution >= 0.6 is 23.3 Å². The summed E-state index contributed by atoms with van der Waals surface area (Å²) >= 11 is 1.95. The molecule has 0 aromatic carbocycles. The molecule has 17 heteroatoms. The Morgan fingerprint density at radius 2 is 2.11 bits per heavy atom. The highest BCUT2D eigenvalue weighted by Gasteiger charge is 2.54. The Bertz CT molecular complexity index is 1210. The summed E-state index contributed by atoms with van der Waals surface area (Å²) in [6.45, 7) is 2.09. The summed E-state index contributed by atoms with van der Waals surface area (Å²) in [7, 11) is 0. The largest absolute Gasteiger partial charge is 0.478 e. The van der Waals surface area contributed by atoms with E-state index in [0.29, 0.717) is 6.54 Å². The average molecular weight is 553 g/mol. The van der Waals surface area contributed by atoms with Gasteiger partial charge in [0.15, 0.2) is 5.13 Å². The van der Waals surface area contributed by atoms with Crippen LogP contribution in [0.1, 0.15) is 18.7 Å². The van der Waals surface area contributed by atoms with Gasteiger partial charge in [0.05, 0.1) is 0 Å². The van der Waals surface area contributed by atoms with Gasteiger partial charge in [-0.05, 0) is 37.6 Å². The lowest BCUT2D eigenvalue weighted by Crippen LogP contribution is -2.71. The van der Waals surface area contributed by atoms with Crippen molar-refractivity contribution in [3.05, 3.63) is 28.7 Å². The number of nitrogens with two attached hydrogens (primary N) is 1. The van der Waals surface area contributed by atoms with E-state index in [2.05, 4.69) is 30.5 Å². The van der Waals surface area contributed by atoms with Crippen molar-refractivity contribution in [1.29, 1.82) is 0 Å². The molecule has 15 nitrogen and oxygen atoms in total. The van der Waals surface area contributed by atoms with Gasteiger partial charge in [-0.3, -0.25) is 14.5 Å². The molecule has 2 fully saturated rings. The maximum Gasteiger partial charge on any atom is 0.352 e. The third-order valence-electron chi connectivity index (χ3n) is 5.97. The fourth-order valence-electron chi connectivity index (χ4n) is 4.18. The van der Waals surface area contributed by atoms with Gasteiger partial charge in [0.2, 0.25) is 11.5 Å². The number of nitrogens with zero attached hydrogens (tertiary/aromatic N) is 4. The van der Waals surface area contributed by atoms with Gasteiger partial charge in [-0.25, -0.2) is 9.59 Å². The summed E-state index contributed by atoms with van der Waals surface area (Å²) in [4.78, 5) is 54.2. The van der Waals surface area contributed by atoms with Gasteiger partial charge in [-0.2, -0.15) is 9.36 Å². The van der Waals surface area contributed by atoms with Gasteiger partial charge in [0.25, 0.3) is 11.8 Å². The highest BCUT2D eigenvalue weighted by atomic mass is 32.2. The summed E-state index contributed by atoms with van der Waals surface area (Å²) in [6, 6.07) is -0.853. The number of hydrogen-bond acceptors (Lipinski definition) is 13. The first kappa shape index (κ1) is 26.5. The van der Waals surface area contributed by atoms with Crippen LogP contribution in [-0.2, 0) is 19.2 Å². The second kappa shape index (κ2) is 11.2. The van der Waals surface area contributed by atoms with E-state index < -0.39 is 40.9 Å². The third kappa shape index (κ3) is 5.58. The number of aliphatic carboxylic acids is 2. The summed E-state index contributed by atoms with van der Waals surface area (Å²) in [5.74, 6) is -4.34. The smallest absolute Gasteiger partial charge is 0.352 e. The molecule has 198 valence electrons. The van der Waals surface area contributed by atoms with Crippen LogP contribution in [-0.4, -0.2) is 102 Å². The molecule has 0 radical (unpaired) electrons. The van der Waals surface area contributed by atoms with Crippen LogP contribution in [0.4, 0.5) is 5.13 Å². The van der Waals surface area contributed by atoms with E-state index in [0.717, 1.165) is 35.9 Å². The SMILES string of the molecule is Nc1nc(/C(=N/O)C(=O)N[C@@H]2C(=O)N3C(C(=O)O)=C(/C=C(\CCN[C@@H]4CCNC4)C(=O)O)CS[C@H]23)ns1. The van der Waals surface area contributed by atoms with Gasteiger partial charge < -0.3 is 37.1 Å². The Labute approximate surface area is 218 Å². The Morgan fingerprint density at radius 3 is 2.70 bits per heavy atom. The van der Waals surface area contributed by atoms with E-state index in [1.807, 2.05) is 0 Å². The topological polar surface area (TPSA) is 232 Å². The quantitative estimate of drug-likeness (QED) is 0.0570. The maximum atomic E-state index is 12.9. The lowest BCUT2D eigenvalue weighted by Gasteiger charge is -2.49. The van der Waals surface area contributed by atoms with Crippen LogP contribution < -0.4 is 21.7 Å². The van der Waals surface area contributed by atoms with Crippen LogP contribution in [0, 0.1) is 0 Å². The lowest BCUT2D eigenvalue weighted by molar-refractivity contribution is -0.150. The van der Waals surface area contributed by atoms with Gasteiger partial charge in [-0.15, -0.1) is 11.8 Å². The van der Waals surface area contributed by atoms with Crippen molar-refractivity contribution < 1.29 is 34.6 Å². The zero-order valence-corrected chi connectivity index (χ0v) is 20.8. The molecule has 2 amide bonds. The molecule has 0 aliphatic carbocycles. The van der Waals surface area contributed by atoms with Gasteiger partial charge in [0.1, 0.15) is 17.1 Å². The molecule has 3 atom stereocenters. The van der Waals surface area contributed by atoms with E-state index in [1.54, 1.807) is 0 Å². The Morgan fingerprint density at radius 1 is 1.32 bits per heavy atom. The molecule has 0 bridgehead atoms. The van der Waals surface area contributed by atoms with Crippen molar-refractivity contribution in [2.24, 2.45) is 5.16 Å². The molecule has 2 saturated heterocycles. The van der Waals surface area contributed by atoms with Crippen LogP contribution in [0.5, 0.6) is 0 Å². The second-order valence-electron chi connectivity index (χ2n) is 8.31. The van der Waals surface area contributed by atoms with Crippen molar-refractivity contribution in [2.75, 3.05) is 31.1 Å². The van der Waals surface area contributed by atoms with Crippen LogP contribution in [0.2, 0.25) is 0 Å². The number of fused-ring (bicyclic) bond motifs is 1. The lowest BCUT2D eigenvalue weighted by atomic mass is 10.0. The number of hydrogen-bond donors (Lipinski definition) is 7. The number of carbonyl (C=O) groups excluding carboxylic acids is 2. The molecule has 8 N–H and O–H groups in total. The Hall–Kier alpha value is -3.54. The summed E-state index contributed by atoms with van der Waals surface area (Å²) in [5, 5.41) is 39.8. The highest BCUT2D eigenvalue weighted by molar-refractivity contribution is 8.00. The fraction of sp³-hybridized carbons (Fsp3) is 0.450. The maximum absolute atomic E-state index is 12.9. The average Bonchev–Trinajstić information content (AvgIpc) is 3.53. The van der Waals surface area contributed by atoms with Crippen molar-refractivity contribution in [1.82, 2.24) is 30.2 Å². The first-order valence-electron chi connectivity index (χ1n) is 11.1.